The van der Waals surface area contributed by atoms with Gasteiger partial charge in [-0.25, -0.2) is 4.68 Å². The molecule has 5 nitrogen and oxygen atoms in total. The van der Waals surface area contributed by atoms with Crippen molar-refractivity contribution >= 4 is 5.97 Å². The van der Waals surface area contributed by atoms with Crippen molar-refractivity contribution in [1.29, 1.82) is 0 Å². The third-order valence-corrected chi connectivity index (χ3v) is 1.36. The zero-order valence-corrected chi connectivity index (χ0v) is 6.94. The van der Waals surface area contributed by atoms with E-state index in [0.29, 0.717) is 5.88 Å². The first-order valence-electron chi connectivity index (χ1n) is 3.43. The van der Waals surface area contributed by atoms with Gasteiger partial charge in [-0.3, -0.25) is 4.79 Å². The second-order valence-corrected chi connectivity index (χ2v) is 2.38. The highest BCUT2D eigenvalue weighted by Crippen LogP contribution is 2.11. The Labute approximate surface area is 69.6 Å². The molecule has 0 radical (unpaired) electrons. The highest BCUT2D eigenvalue weighted by Gasteiger charge is 2.07. The maximum atomic E-state index is 10.3. The number of aromatic nitrogens is 2. The predicted octanol–water partition coefficient (Wildman–Crippen LogP) is 0.285. The monoisotopic (exact) mass is 170 g/mol. The fraction of sp³-hybridized carbons (Fsp3) is 0.429. The molecule has 0 unspecified atom stereocenters. The van der Waals surface area contributed by atoms with Crippen LogP contribution in [0, 0.1) is 6.92 Å². The van der Waals surface area contributed by atoms with Gasteiger partial charge in [-0.2, -0.15) is 5.10 Å². The Morgan fingerprint density at radius 2 is 2.50 bits per heavy atom. The molecule has 1 aromatic rings. The maximum Gasteiger partial charge on any atom is 0.325 e. The number of carboxylic acids is 1. The summed E-state index contributed by atoms with van der Waals surface area (Å²) in [6.07, 6.45) is 0. The van der Waals surface area contributed by atoms with Crippen molar-refractivity contribution in [1.82, 2.24) is 9.78 Å². The van der Waals surface area contributed by atoms with Crippen LogP contribution in [0.4, 0.5) is 0 Å². The van der Waals surface area contributed by atoms with Gasteiger partial charge >= 0.3 is 5.97 Å². The number of carbonyl (C=O) groups is 1. The first kappa shape index (κ1) is 8.58. The smallest absolute Gasteiger partial charge is 0.325 e. The van der Waals surface area contributed by atoms with Crippen molar-refractivity contribution in [3.05, 3.63) is 11.8 Å². The highest BCUT2D eigenvalue weighted by molar-refractivity contribution is 5.66. The second-order valence-electron chi connectivity index (χ2n) is 2.38. The summed E-state index contributed by atoms with van der Waals surface area (Å²) < 4.78 is 6.21. The van der Waals surface area contributed by atoms with Crippen molar-refractivity contribution in [2.75, 3.05) is 7.11 Å². The Kier molecular flexibility index (Phi) is 2.32. The Hall–Kier alpha value is -1.52. The van der Waals surface area contributed by atoms with E-state index in [4.69, 9.17) is 9.84 Å². The van der Waals surface area contributed by atoms with Gasteiger partial charge in [-0.1, -0.05) is 0 Å². The fourth-order valence-corrected chi connectivity index (χ4v) is 0.927. The molecule has 5 heteroatoms. The number of hydrogen-bond donors (Lipinski definition) is 1. The third kappa shape index (κ3) is 1.75. The average Bonchev–Trinajstić information content (AvgIpc) is 2.29. The lowest BCUT2D eigenvalue weighted by molar-refractivity contribution is -0.138. The summed E-state index contributed by atoms with van der Waals surface area (Å²) in [6, 6.07) is 1.68. The third-order valence-electron chi connectivity index (χ3n) is 1.36. The molecule has 0 fully saturated rings. The van der Waals surface area contributed by atoms with E-state index in [9.17, 15) is 4.79 Å². The molecule has 12 heavy (non-hydrogen) atoms. The van der Waals surface area contributed by atoms with Crippen LogP contribution in [0.15, 0.2) is 6.07 Å². The van der Waals surface area contributed by atoms with Gasteiger partial charge in [0.2, 0.25) is 5.88 Å². The van der Waals surface area contributed by atoms with Crippen LogP contribution in [0.3, 0.4) is 0 Å². The minimum atomic E-state index is -0.934. The van der Waals surface area contributed by atoms with Crippen molar-refractivity contribution in [3.63, 3.8) is 0 Å². The minimum Gasteiger partial charge on any atom is -0.481 e. The zero-order valence-electron chi connectivity index (χ0n) is 6.94. The maximum absolute atomic E-state index is 10.3. The fourth-order valence-electron chi connectivity index (χ4n) is 0.927. The average molecular weight is 170 g/mol. The molecule has 1 heterocycles. The zero-order chi connectivity index (χ0) is 9.14. The molecule has 0 amide bonds. The number of carboxylic acid groups (broad SMARTS) is 1. The van der Waals surface area contributed by atoms with Crippen molar-refractivity contribution < 1.29 is 14.6 Å². The molecule has 1 aromatic heterocycles. The second kappa shape index (κ2) is 3.25. The van der Waals surface area contributed by atoms with Gasteiger partial charge in [-0.05, 0) is 6.92 Å². The lowest BCUT2D eigenvalue weighted by atomic mass is 10.5. The summed E-state index contributed by atoms with van der Waals surface area (Å²) in [5.41, 5.74) is 0.744. The number of aliphatic carboxylic acids is 1. The molecule has 0 aliphatic rings. The largest absolute Gasteiger partial charge is 0.481 e. The SMILES string of the molecule is COc1cc(C)nn1CC(=O)O. The molecule has 0 aromatic carbocycles. The van der Waals surface area contributed by atoms with E-state index < -0.39 is 5.97 Å². The van der Waals surface area contributed by atoms with E-state index in [1.54, 1.807) is 13.0 Å². The first-order valence-corrected chi connectivity index (χ1v) is 3.43. The Bertz CT molecular complexity index is 293. The Morgan fingerprint density at radius 3 is 3.00 bits per heavy atom. The molecule has 1 rings (SSSR count). The molecule has 66 valence electrons. The van der Waals surface area contributed by atoms with Crippen LogP contribution >= 0.6 is 0 Å². The summed E-state index contributed by atoms with van der Waals surface area (Å²) >= 11 is 0. The molecule has 1 N–H and O–H groups in total. The first-order chi connectivity index (χ1) is 5.63. The summed E-state index contributed by atoms with van der Waals surface area (Å²) in [5, 5.41) is 12.4. The van der Waals surface area contributed by atoms with E-state index in [1.807, 2.05) is 0 Å². The van der Waals surface area contributed by atoms with E-state index in [0.717, 1.165) is 5.69 Å². The summed E-state index contributed by atoms with van der Waals surface area (Å²) in [6.45, 7) is 1.61. The quantitative estimate of drug-likeness (QED) is 0.707. The highest BCUT2D eigenvalue weighted by atomic mass is 16.5. The van der Waals surface area contributed by atoms with Crippen LogP contribution in [0.1, 0.15) is 5.69 Å². The molecule has 0 saturated heterocycles. The van der Waals surface area contributed by atoms with Crippen LogP contribution in [0.2, 0.25) is 0 Å². The van der Waals surface area contributed by atoms with Gasteiger partial charge < -0.3 is 9.84 Å². The summed E-state index contributed by atoms with van der Waals surface area (Å²) in [7, 11) is 1.48. The number of rotatable bonds is 3. The van der Waals surface area contributed by atoms with E-state index in [-0.39, 0.29) is 6.54 Å². The molecule has 0 saturated carbocycles. The summed E-state index contributed by atoms with van der Waals surface area (Å²) in [5.74, 6) is -0.466. The van der Waals surface area contributed by atoms with Crippen LogP contribution < -0.4 is 4.74 Å². The standard InChI is InChI=1S/C7H10N2O3/c1-5-3-6(12-2)9(8-5)4-7(10)11/h3H,4H2,1-2H3,(H,10,11). The van der Waals surface area contributed by atoms with Crippen molar-refractivity contribution in [2.24, 2.45) is 0 Å². The van der Waals surface area contributed by atoms with E-state index in [2.05, 4.69) is 5.10 Å². The van der Waals surface area contributed by atoms with Gasteiger partial charge in [0.15, 0.2) is 0 Å². The van der Waals surface area contributed by atoms with Crippen molar-refractivity contribution in [3.8, 4) is 5.88 Å². The van der Waals surface area contributed by atoms with E-state index >= 15 is 0 Å². The lowest BCUT2D eigenvalue weighted by Gasteiger charge is -2.01. The van der Waals surface area contributed by atoms with Crippen LogP contribution in [-0.4, -0.2) is 28.0 Å². The molecule has 0 atom stereocenters. The number of hydrogen-bond acceptors (Lipinski definition) is 3. The normalized spacial score (nSPS) is 9.83. The Morgan fingerprint density at radius 1 is 1.83 bits per heavy atom. The van der Waals surface area contributed by atoms with Crippen LogP contribution in [0.25, 0.3) is 0 Å². The molecule has 0 bridgehead atoms. The summed E-state index contributed by atoms with van der Waals surface area (Å²) in [4.78, 5) is 10.3. The molecule has 0 aliphatic carbocycles. The number of nitrogens with zero attached hydrogens (tertiary/aromatic N) is 2. The van der Waals surface area contributed by atoms with E-state index in [1.165, 1.54) is 11.8 Å². The molecular weight excluding hydrogens is 160 g/mol. The molecule has 0 spiro atoms. The predicted molar refractivity (Wildman–Crippen MR) is 41.2 cm³/mol. The van der Waals surface area contributed by atoms with Crippen molar-refractivity contribution in [2.45, 2.75) is 13.5 Å². The van der Waals surface area contributed by atoms with Gasteiger partial charge in [0.1, 0.15) is 6.54 Å². The van der Waals surface area contributed by atoms with Crippen LogP contribution in [0.5, 0.6) is 5.88 Å². The van der Waals surface area contributed by atoms with Gasteiger partial charge in [-0.15, -0.1) is 0 Å². The van der Waals surface area contributed by atoms with Gasteiger partial charge in [0.25, 0.3) is 0 Å². The Balaban J connectivity index is 2.89. The van der Waals surface area contributed by atoms with Crippen LogP contribution in [-0.2, 0) is 11.3 Å². The van der Waals surface area contributed by atoms with Gasteiger partial charge in [0, 0.05) is 6.07 Å². The lowest BCUT2D eigenvalue weighted by Crippen LogP contribution is -2.11. The number of methoxy groups -OCH3 is 1. The topological polar surface area (TPSA) is 64.4 Å². The number of aryl methyl sites for hydroxylation is 1. The minimum absolute atomic E-state index is 0.170. The van der Waals surface area contributed by atoms with Gasteiger partial charge in [0.05, 0.1) is 12.8 Å². The number of ether oxygens (including phenoxy) is 1. The molecule has 0 aliphatic heterocycles. The molecular formula is C7H10N2O3.